The molecule has 1 aromatic carbocycles. The third kappa shape index (κ3) is 3.69. The van der Waals surface area contributed by atoms with E-state index in [1.807, 2.05) is 0 Å². The number of carbonyl (C=O) groups is 1. The van der Waals surface area contributed by atoms with Crippen molar-refractivity contribution in [3.8, 4) is 22.3 Å². The molecule has 152 valence electrons. The number of nitrogens with zero attached hydrogens (tertiary/aromatic N) is 3. The molecule has 0 aliphatic carbocycles. The fourth-order valence-corrected chi connectivity index (χ4v) is 3.22. The maximum Gasteiger partial charge on any atom is 0.417 e. The van der Waals surface area contributed by atoms with Gasteiger partial charge < -0.3 is 15.5 Å². The molecule has 0 saturated heterocycles. The number of nitrogens with one attached hydrogen (secondary N) is 1. The Kier molecular flexibility index (Phi) is 4.65. The molecule has 3 N–H and O–H groups in total. The minimum Gasteiger partial charge on any atom is -0.383 e. The van der Waals surface area contributed by atoms with Crippen LogP contribution in [0.25, 0.3) is 27.9 Å². The summed E-state index contributed by atoms with van der Waals surface area (Å²) in [4.78, 5) is 19.6. The van der Waals surface area contributed by atoms with Crippen molar-refractivity contribution in [3.05, 3.63) is 66.6 Å². The van der Waals surface area contributed by atoms with Gasteiger partial charge >= 0.3 is 6.18 Å². The Labute approximate surface area is 169 Å². The lowest BCUT2D eigenvalue weighted by Crippen LogP contribution is -2.08. The molecular formula is C21H16F3N5O. The summed E-state index contributed by atoms with van der Waals surface area (Å²) in [5, 5.41) is 2.61. The molecule has 0 atom stereocenters. The Hall–Kier alpha value is -3.88. The molecular weight excluding hydrogens is 395 g/mol. The number of benzene rings is 1. The second-order valence-corrected chi connectivity index (χ2v) is 6.69. The van der Waals surface area contributed by atoms with Crippen molar-refractivity contribution in [2.75, 3.05) is 11.1 Å². The topological polar surface area (TPSA) is 85.3 Å². The normalized spacial score (nSPS) is 11.6. The molecule has 9 heteroatoms. The Bertz CT molecular complexity index is 1260. The van der Waals surface area contributed by atoms with Crippen LogP contribution in [0.1, 0.15) is 12.5 Å². The van der Waals surface area contributed by atoms with Crippen molar-refractivity contribution in [2.24, 2.45) is 0 Å². The fraction of sp³-hybridized carbons (Fsp3) is 0.0952. The molecule has 3 heterocycles. The van der Waals surface area contributed by atoms with Crippen LogP contribution in [0.15, 0.2) is 61.1 Å². The molecule has 0 aliphatic heterocycles. The van der Waals surface area contributed by atoms with E-state index in [4.69, 9.17) is 5.73 Å². The Morgan fingerprint density at radius 3 is 2.57 bits per heavy atom. The predicted molar refractivity (Wildman–Crippen MR) is 108 cm³/mol. The summed E-state index contributed by atoms with van der Waals surface area (Å²) < 4.78 is 42.1. The van der Waals surface area contributed by atoms with Gasteiger partial charge in [-0.2, -0.15) is 13.2 Å². The minimum absolute atomic E-state index is 0.00658. The Balaban J connectivity index is 1.80. The van der Waals surface area contributed by atoms with Gasteiger partial charge in [0.15, 0.2) is 5.82 Å². The third-order valence-electron chi connectivity index (χ3n) is 4.53. The number of hydrogen-bond acceptors (Lipinski definition) is 4. The van der Waals surface area contributed by atoms with Gasteiger partial charge in [0, 0.05) is 36.0 Å². The van der Waals surface area contributed by atoms with Crippen molar-refractivity contribution in [1.29, 1.82) is 0 Å². The monoisotopic (exact) mass is 411 g/mol. The van der Waals surface area contributed by atoms with Crippen LogP contribution in [0.4, 0.5) is 24.8 Å². The highest BCUT2D eigenvalue weighted by Crippen LogP contribution is 2.39. The summed E-state index contributed by atoms with van der Waals surface area (Å²) in [7, 11) is 0. The molecule has 30 heavy (non-hydrogen) atoms. The Morgan fingerprint density at radius 2 is 1.83 bits per heavy atom. The number of halogens is 3. The van der Waals surface area contributed by atoms with Gasteiger partial charge in [0.1, 0.15) is 11.5 Å². The number of amides is 1. The largest absolute Gasteiger partial charge is 0.417 e. The van der Waals surface area contributed by atoms with E-state index < -0.39 is 11.7 Å². The number of pyridine rings is 2. The first-order chi connectivity index (χ1) is 14.2. The van der Waals surface area contributed by atoms with Crippen molar-refractivity contribution in [2.45, 2.75) is 13.1 Å². The van der Waals surface area contributed by atoms with E-state index in [1.54, 1.807) is 35.0 Å². The van der Waals surface area contributed by atoms with E-state index in [-0.39, 0.29) is 22.9 Å². The molecule has 4 rings (SSSR count). The number of hydrogen-bond donors (Lipinski definition) is 2. The molecule has 0 unspecified atom stereocenters. The van der Waals surface area contributed by atoms with Crippen LogP contribution in [0.2, 0.25) is 0 Å². The van der Waals surface area contributed by atoms with Crippen LogP contribution >= 0.6 is 0 Å². The highest BCUT2D eigenvalue weighted by atomic mass is 19.4. The number of imidazole rings is 1. The first kappa shape index (κ1) is 19.4. The number of anilines is 2. The number of aromatic nitrogens is 3. The summed E-state index contributed by atoms with van der Waals surface area (Å²) >= 11 is 0. The highest BCUT2D eigenvalue weighted by Gasteiger charge is 2.33. The average molecular weight is 411 g/mol. The lowest BCUT2D eigenvalue weighted by molar-refractivity contribution is -0.137. The van der Waals surface area contributed by atoms with Gasteiger partial charge in [0.2, 0.25) is 5.91 Å². The molecule has 0 spiro atoms. The zero-order valence-corrected chi connectivity index (χ0v) is 15.7. The number of alkyl halides is 3. The van der Waals surface area contributed by atoms with Crippen LogP contribution < -0.4 is 11.1 Å². The summed E-state index contributed by atoms with van der Waals surface area (Å²) in [5.41, 5.74) is 7.20. The molecule has 1 amide bonds. The maximum absolute atomic E-state index is 13.5. The SMILES string of the molecule is CC(=O)Nc1cn2cc(-c3cnc(N)c(-c4ccccc4C(F)(F)F)c3)ccc2n1. The fourth-order valence-electron chi connectivity index (χ4n) is 3.22. The van der Waals surface area contributed by atoms with Gasteiger partial charge in [-0.15, -0.1) is 0 Å². The molecule has 6 nitrogen and oxygen atoms in total. The summed E-state index contributed by atoms with van der Waals surface area (Å²) in [5.74, 6) is 0.163. The van der Waals surface area contributed by atoms with Crippen LogP contribution in [-0.4, -0.2) is 20.3 Å². The lowest BCUT2D eigenvalue weighted by atomic mass is 9.97. The van der Waals surface area contributed by atoms with Crippen LogP contribution in [-0.2, 0) is 11.0 Å². The van der Waals surface area contributed by atoms with Crippen LogP contribution in [0.3, 0.4) is 0 Å². The van der Waals surface area contributed by atoms with Gasteiger partial charge in [-0.25, -0.2) is 9.97 Å². The first-order valence-electron chi connectivity index (χ1n) is 8.91. The summed E-state index contributed by atoms with van der Waals surface area (Å²) in [6.45, 7) is 1.38. The van der Waals surface area contributed by atoms with Gasteiger partial charge in [0.05, 0.1) is 11.8 Å². The number of rotatable bonds is 3. The molecule has 0 aliphatic rings. The molecule has 4 aromatic rings. The van der Waals surface area contributed by atoms with Gasteiger partial charge in [-0.1, -0.05) is 18.2 Å². The zero-order valence-electron chi connectivity index (χ0n) is 15.7. The van der Waals surface area contributed by atoms with Gasteiger partial charge in [0.25, 0.3) is 0 Å². The Morgan fingerprint density at radius 1 is 1.07 bits per heavy atom. The van der Waals surface area contributed by atoms with Crippen molar-refractivity contribution in [3.63, 3.8) is 0 Å². The highest BCUT2D eigenvalue weighted by molar-refractivity contribution is 5.88. The second-order valence-electron chi connectivity index (χ2n) is 6.69. The predicted octanol–water partition coefficient (Wildman–Crippen LogP) is 4.62. The van der Waals surface area contributed by atoms with Crippen molar-refractivity contribution < 1.29 is 18.0 Å². The summed E-state index contributed by atoms with van der Waals surface area (Å²) in [6.07, 6.45) is 0.377. The number of nitrogen functional groups attached to an aromatic ring is 1. The number of carbonyl (C=O) groups excluding carboxylic acids is 1. The van der Waals surface area contributed by atoms with E-state index in [0.29, 0.717) is 22.6 Å². The van der Waals surface area contributed by atoms with Crippen LogP contribution in [0, 0.1) is 0 Å². The lowest BCUT2D eigenvalue weighted by Gasteiger charge is -2.15. The number of nitrogens with two attached hydrogens (primary N) is 1. The summed E-state index contributed by atoms with van der Waals surface area (Å²) in [6, 6.07) is 10.3. The minimum atomic E-state index is -4.52. The van der Waals surface area contributed by atoms with E-state index in [1.165, 1.54) is 31.3 Å². The molecule has 0 fully saturated rings. The molecule has 3 aromatic heterocycles. The van der Waals surface area contributed by atoms with E-state index >= 15 is 0 Å². The van der Waals surface area contributed by atoms with Crippen LogP contribution in [0.5, 0.6) is 0 Å². The van der Waals surface area contributed by atoms with Crippen molar-refractivity contribution in [1.82, 2.24) is 14.4 Å². The zero-order chi connectivity index (χ0) is 21.5. The van der Waals surface area contributed by atoms with Gasteiger partial charge in [-0.3, -0.25) is 4.79 Å². The van der Waals surface area contributed by atoms with Crippen molar-refractivity contribution >= 4 is 23.2 Å². The first-order valence-corrected chi connectivity index (χ1v) is 8.91. The smallest absolute Gasteiger partial charge is 0.383 e. The second kappa shape index (κ2) is 7.18. The third-order valence-corrected chi connectivity index (χ3v) is 4.53. The van der Waals surface area contributed by atoms with E-state index in [2.05, 4.69) is 15.3 Å². The molecule has 0 radical (unpaired) electrons. The van der Waals surface area contributed by atoms with E-state index in [0.717, 1.165) is 6.07 Å². The standard InChI is InChI=1S/C21H16F3N5O/c1-12(30)27-18-11-29-10-13(6-7-19(29)28-18)14-8-16(20(25)26-9-14)15-4-2-3-5-17(15)21(22,23)24/h2-11H,1H3,(H2,25,26)(H,27,30). The molecule has 0 saturated carbocycles. The molecule has 0 bridgehead atoms. The quantitative estimate of drug-likeness (QED) is 0.515. The average Bonchev–Trinajstić information content (AvgIpc) is 3.08. The maximum atomic E-state index is 13.5. The van der Waals surface area contributed by atoms with Gasteiger partial charge in [-0.05, 0) is 29.8 Å². The van der Waals surface area contributed by atoms with E-state index in [9.17, 15) is 18.0 Å². The number of fused-ring (bicyclic) bond motifs is 1.